The molecule has 1 aromatic heterocycles. The van der Waals surface area contributed by atoms with E-state index in [0.717, 1.165) is 6.07 Å². The van der Waals surface area contributed by atoms with Crippen LogP contribution in [0.2, 0.25) is 5.02 Å². The molecule has 0 unspecified atom stereocenters. The Balaban J connectivity index is 3.39. The molecule has 0 atom stereocenters. The topological polar surface area (TPSA) is 82.0 Å². The van der Waals surface area contributed by atoms with Gasteiger partial charge in [-0.3, -0.25) is 10.1 Å². The quantitative estimate of drug-likeness (QED) is 0.615. The second-order valence-corrected chi connectivity index (χ2v) is 2.72. The summed E-state index contributed by atoms with van der Waals surface area (Å²) in [5.41, 5.74) is 3.32. The number of hydrogen-bond donors (Lipinski definition) is 1. The van der Waals surface area contributed by atoms with Crippen molar-refractivity contribution in [3.63, 3.8) is 0 Å². The van der Waals surface area contributed by atoms with Crippen LogP contribution >= 0.6 is 11.6 Å². The molecule has 0 aliphatic heterocycles. The summed E-state index contributed by atoms with van der Waals surface area (Å²) < 4.78 is 24.5. The van der Waals surface area contributed by atoms with Crippen LogP contribution in [-0.2, 0) is 0 Å². The van der Waals surface area contributed by atoms with Crippen LogP contribution in [-0.4, -0.2) is 9.91 Å². The number of aromatic nitrogens is 1. The van der Waals surface area contributed by atoms with E-state index in [1.165, 1.54) is 0 Å². The Hall–Kier alpha value is -1.50. The summed E-state index contributed by atoms with van der Waals surface area (Å²) in [5, 5.41) is 10.1. The van der Waals surface area contributed by atoms with Gasteiger partial charge in [0.1, 0.15) is 5.82 Å². The smallest absolute Gasteiger partial charge is 0.298 e. The average Bonchev–Trinajstić information content (AvgIpc) is 2.08. The third-order valence-corrected chi connectivity index (χ3v) is 1.72. The van der Waals surface area contributed by atoms with Gasteiger partial charge in [0, 0.05) is 6.07 Å². The second kappa shape index (κ2) is 3.70. The van der Waals surface area contributed by atoms with Crippen LogP contribution in [0, 0.1) is 10.1 Å². The standard InChI is InChI=1S/C6H4ClF2N3O2/c7-2-1-3(12(13)14)4(5(8)9)11-6(2)10/h1,5H,(H2,10,11). The first-order chi connectivity index (χ1) is 6.43. The minimum atomic E-state index is -3.06. The summed E-state index contributed by atoms with van der Waals surface area (Å²) >= 11 is 5.40. The van der Waals surface area contributed by atoms with Crippen molar-refractivity contribution in [2.45, 2.75) is 6.43 Å². The van der Waals surface area contributed by atoms with E-state index < -0.39 is 22.7 Å². The highest BCUT2D eigenvalue weighted by molar-refractivity contribution is 6.32. The van der Waals surface area contributed by atoms with Gasteiger partial charge in [0.05, 0.1) is 9.95 Å². The lowest BCUT2D eigenvalue weighted by molar-refractivity contribution is -0.386. The van der Waals surface area contributed by atoms with Gasteiger partial charge in [-0.2, -0.15) is 0 Å². The maximum Gasteiger partial charge on any atom is 0.298 e. The van der Waals surface area contributed by atoms with Crippen molar-refractivity contribution in [1.29, 1.82) is 0 Å². The van der Waals surface area contributed by atoms with E-state index in [2.05, 4.69) is 4.98 Å². The van der Waals surface area contributed by atoms with Crippen LogP contribution in [0.5, 0.6) is 0 Å². The molecule has 0 radical (unpaired) electrons. The van der Waals surface area contributed by atoms with Crippen molar-refractivity contribution >= 4 is 23.1 Å². The van der Waals surface area contributed by atoms with Gasteiger partial charge in [0.2, 0.25) is 0 Å². The first kappa shape index (κ1) is 10.6. The van der Waals surface area contributed by atoms with Crippen LogP contribution in [0.15, 0.2) is 6.07 Å². The van der Waals surface area contributed by atoms with Crippen LogP contribution in [0.3, 0.4) is 0 Å². The van der Waals surface area contributed by atoms with Gasteiger partial charge in [-0.25, -0.2) is 13.8 Å². The fourth-order valence-corrected chi connectivity index (χ4v) is 0.961. The average molecular weight is 224 g/mol. The molecule has 0 saturated carbocycles. The molecule has 1 aromatic rings. The van der Waals surface area contributed by atoms with Gasteiger partial charge >= 0.3 is 0 Å². The first-order valence-corrected chi connectivity index (χ1v) is 3.69. The Morgan fingerprint density at radius 1 is 1.64 bits per heavy atom. The predicted octanol–water partition coefficient (Wildman–Crippen LogP) is 2.16. The largest absolute Gasteiger partial charge is 0.382 e. The zero-order chi connectivity index (χ0) is 10.9. The van der Waals surface area contributed by atoms with E-state index in [4.69, 9.17) is 17.3 Å². The number of pyridine rings is 1. The fourth-order valence-electron chi connectivity index (χ4n) is 0.815. The molecule has 8 heteroatoms. The Bertz CT molecular complexity index is 386. The number of nitro groups is 1. The summed E-state index contributed by atoms with van der Waals surface area (Å²) in [4.78, 5) is 12.5. The van der Waals surface area contributed by atoms with Crippen molar-refractivity contribution in [2.24, 2.45) is 0 Å². The molecule has 0 aliphatic carbocycles. The number of alkyl halides is 2. The molecule has 0 aliphatic rings. The monoisotopic (exact) mass is 223 g/mol. The second-order valence-electron chi connectivity index (χ2n) is 2.32. The van der Waals surface area contributed by atoms with Crippen molar-refractivity contribution in [1.82, 2.24) is 4.98 Å². The SMILES string of the molecule is Nc1nc(C(F)F)c([N+](=O)[O-])cc1Cl. The first-order valence-electron chi connectivity index (χ1n) is 3.32. The van der Waals surface area contributed by atoms with E-state index in [1.807, 2.05) is 0 Å². The van der Waals surface area contributed by atoms with Crippen LogP contribution in [0.1, 0.15) is 12.1 Å². The molecule has 0 spiro atoms. The Kier molecular flexibility index (Phi) is 2.80. The van der Waals surface area contributed by atoms with Gasteiger partial charge in [0.15, 0.2) is 5.69 Å². The molecule has 1 rings (SSSR count). The van der Waals surface area contributed by atoms with Crippen molar-refractivity contribution in [2.75, 3.05) is 5.73 Å². The number of hydrogen-bond acceptors (Lipinski definition) is 4. The molecule has 76 valence electrons. The van der Waals surface area contributed by atoms with Gasteiger partial charge in [-0.05, 0) is 0 Å². The summed E-state index contributed by atoms with van der Waals surface area (Å²) in [6.45, 7) is 0. The molecule has 0 amide bonds. The van der Waals surface area contributed by atoms with Crippen LogP contribution in [0.4, 0.5) is 20.3 Å². The Morgan fingerprint density at radius 3 is 2.64 bits per heavy atom. The zero-order valence-corrected chi connectivity index (χ0v) is 7.33. The molecule has 0 aromatic carbocycles. The lowest BCUT2D eigenvalue weighted by atomic mass is 10.3. The maximum atomic E-state index is 12.2. The fraction of sp³-hybridized carbons (Fsp3) is 0.167. The van der Waals surface area contributed by atoms with E-state index in [0.29, 0.717) is 0 Å². The molecular weight excluding hydrogens is 220 g/mol. The number of anilines is 1. The lowest BCUT2D eigenvalue weighted by Crippen LogP contribution is -2.02. The third-order valence-electron chi connectivity index (χ3n) is 1.41. The Morgan fingerprint density at radius 2 is 2.21 bits per heavy atom. The number of halogens is 3. The van der Waals surface area contributed by atoms with E-state index in [9.17, 15) is 18.9 Å². The van der Waals surface area contributed by atoms with Gasteiger partial charge in [-0.15, -0.1) is 0 Å². The van der Waals surface area contributed by atoms with Gasteiger partial charge < -0.3 is 5.73 Å². The zero-order valence-electron chi connectivity index (χ0n) is 6.58. The molecule has 0 saturated heterocycles. The normalized spacial score (nSPS) is 10.6. The third kappa shape index (κ3) is 1.87. The molecule has 5 nitrogen and oxygen atoms in total. The van der Waals surface area contributed by atoms with E-state index in [-0.39, 0.29) is 10.8 Å². The molecule has 2 N–H and O–H groups in total. The highest BCUT2D eigenvalue weighted by Crippen LogP contribution is 2.31. The summed E-state index contributed by atoms with van der Waals surface area (Å²) in [6.07, 6.45) is -3.06. The minimum absolute atomic E-state index is 0.221. The van der Waals surface area contributed by atoms with Crippen LogP contribution in [0.25, 0.3) is 0 Å². The van der Waals surface area contributed by atoms with Crippen molar-refractivity contribution in [3.05, 3.63) is 26.9 Å². The highest BCUT2D eigenvalue weighted by Gasteiger charge is 2.25. The summed E-state index contributed by atoms with van der Waals surface area (Å²) in [7, 11) is 0. The molecule has 0 fully saturated rings. The lowest BCUT2D eigenvalue weighted by Gasteiger charge is -2.03. The van der Waals surface area contributed by atoms with Gasteiger partial charge in [0.25, 0.3) is 12.1 Å². The number of rotatable bonds is 2. The Labute approximate surface area is 81.6 Å². The van der Waals surface area contributed by atoms with Crippen molar-refractivity contribution < 1.29 is 13.7 Å². The van der Waals surface area contributed by atoms with E-state index >= 15 is 0 Å². The molecule has 14 heavy (non-hydrogen) atoms. The van der Waals surface area contributed by atoms with Crippen LogP contribution < -0.4 is 5.73 Å². The summed E-state index contributed by atoms with van der Waals surface area (Å²) in [5.74, 6) is -0.354. The number of nitrogens with zero attached hydrogens (tertiary/aromatic N) is 2. The number of nitrogens with two attached hydrogens (primary N) is 1. The highest BCUT2D eigenvalue weighted by atomic mass is 35.5. The van der Waals surface area contributed by atoms with Crippen molar-refractivity contribution in [3.8, 4) is 0 Å². The molecular formula is C6H4ClF2N3O2. The molecule has 0 bridgehead atoms. The number of nitrogen functional groups attached to an aromatic ring is 1. The van der Waals surface area contributed by atoms with Gasteiger partial charge in [-0.1, -0.05) is 11.6 Å². The molecule has 1 heterocycles. The van der Waals surface area contributed by atoms with E-state index in [1.54, 1.807) is 0 Å². The maximum absolute atomic E-state index is 12.2. The summed E-state index contributed by atoms with van der Waals surface area (Å²) in [6, 6.07) is 0.755. The predicted molar refractivity (Wildman–Crippen MR) is 45.3 cm³/mol. The minimum Gasteiger partial charge on any atom is -0.382 e.